The Bertz CT molecular complexity index is 412. The van der Waals surface area contributed by atoms with Gasteiger partial charge >= 0.3 is 5.00 Å². The van der Waals surface area contributed by atoms with Crippen LogP contribution >= 0.6 is 11.3 Å². The van der Waals surface area contributed by atoms with Crippen LogP contribution in [-0.2, 0) is 0 Å². The molecule has 0 spiro atoms. The second-order valence-electron chi connectivity index (χ2n) is 3.31. The van der Waals surface area contributed by atoms with Crippen LogP contribution in [0.2, 0.25) is 0 Å². The Morgan fingerprint density at radius 2 is 2.50 bits per heavy atom. The highest BCUT2D eigenvalue weighted by atomic mass is 32.1. The number of nitro groups is 1. The van der Waals surface area contributed by atoms with E-state index in [2.05, 4.69) is 11.1 Å². The first-order valence-corrected chi connectivity index (χ1v) is 5.65. The third kappa shape index (κ3) is 2.90. The van der Waals surface area contributed by atoms with E-state index < -0.39 is 4.92 Å². The van der Waals surface area contributed by atoms with E-state index in [1.165, 1.54) is 6.20 Å². The van der Waals surface area contributed by atoms with Crippen molar-refractivity contribution in [1.82, 2.24) is 4.98 Å². The zero-order chi connectivity index (χ0) is 12.1. The second-order valence-corrected chi connectivity index (χ2v) is 4.29. The van der Waals surface area contributed by atoms with Crippen molar-refractivity contribution in [2.24, 2.45) is 5.92 Å². The van der Waals surface area contributed by atoms with Crippen LogP contribution in [0.15, 0.2) is 6.20 Å². The van der Waals surface area contributed by atoms with Crippen molar-refractivity contribution < 1.29 is 4.92 Å². The van der Waals surface area contributed by atoms with E-state index in [0.717, 1.165) is 11.3 Å². The number of rotatable bonds is 5. The van der Waals surface area contributed by atoms with Crippen LogP contribution in [0.5, 0.6) is 0 Å². The number of thiazole rings is 1. The lowest BCUT2D eigenvalue weighted by atomic mass is 10.2. The highest BCUT2D eigenvalue weighted by Gasteiger charge is 2.17. The van der Waals surface area contributed by atoms with Gasteiger partial charge in [-0.2, -0.15) is 5.26 Å². The highest BCUT2D eigenvalue weighted by Crippen LogP contribution is 2.28. The summed E-state index contributed by atoms with van der Waals surface area (Å²) in [4.78, 5) is 15.9. The van der Waals surface area contributed by atoms with Crippen LogP contribution < -0.4 is 4.90 Å². The Morgan fingerprint density at radius 1 is 1.81 bits per heavy atom. The van der Waals surface area contributed by atoms with Gasteiger partial charge in [0.15, 0.2) is 5.13 Å². The van der Waals surface area contributed by atoms with Gasteiger partial charge in [0.05, 0.1) is 16.9 Å². The summed E-state index contributed by atoms with van der Waals surface area (Å²) in [6.45, 7) is 4.95. The summed E-state index contributed by atoms with van der Waals surface area (Å²) in [5.41, 5.74) is 0. The van der Waals surface area contributed by atoms with Crippen LogP contribution in [-0.4, -0.2) is 23.0 Å². The number of nitriles is 1. The van der Waals surface area contributed by atoms with Crippen LogP contribution in [0.25, 0.3) is 0 Å². The normalized spacial score (nSPS) is 11.8. The number of nitrogens with zero attached hydrogens (tertiary/aromatic N) is 4. The summed E-state index contributed by atoms with van der Waals surface area (Å²) in [6.07, 6.45) is 1.25. The summed E-state index contributed by atoms with van der Waals surface area (Å²) in [5, 5.41) is 19.8. The molecule has 1 aromatic rings. The van der Waals surface area contributed by atoms with Crippen molar-refractivity contribution in [2.75, 3.05) is 18.0 Å². The fraction of sp³-hybridized carbons (Fsp3) is 0.556. The standard InChI is InChI=1S/C9H12N4O2S/c1-3-12(6-7(2)4-10)9-11-5-8(16-9)13(14)15/h5,7H,3,6H2,1-2H3. The topological polar surface area (TPSA) is 83.1 Å². The van der Waals surface area contributed by atoms with Gasteiger partial charge in [0.1, 0.15) is 6.20 Å². The maximum atomic E-state index is 10.5. The minimum atomic E-state index is -0.456. The van der Waals surface area contributed by atoms with Gasteiger partial charge in [-0.25, -0.2) is 4.98 Å². The molecule has 0 saturated carbocycles. The lowest BCUT2D eigenvalue weighted by Crippen LogP contribution is -2.27. The van der Waals surface area contributed by atoms with Crippen molar-refractivity contribution in [3.8, 4) is 6.07 Å². The summed E-state index contributed by atoms with van der Waals surface area (Å²) in [7, 11) is 0. The predicted molar refractivity (Wildman–Crippen MR) is 61.4 cm³/mol. The molecule has 0 amide bonds. The third-order valence-electron chi connectivity index (χ3n) is 2.03. The maximum absolute atomic E-state index is 10.5. The highest BCUT2D eigenvalue weighted by molar-refractivity contribution is 7.18. The average Bonchev–Trinajstić information content (AvgIpc) is 2.74. The minimum Gasteiger partial charge on any atom is -0.347 e. The van der Waals surface area contributed by atoms with Gasteiger partial charge in [0, 0.05) is 13.1 Å². The molecular weight excluding hydrogens is 228 g/mol. The van der Waals surface area contributed by atoms with Gasteiger partial charge in [-0.3, -0.25) is 10.1 Å². The lowest BCUT2D eigenvalue weighted by Gasteiger charge is -2.20. The summed E-state index contributed by atoms with van der Waals surface area (Å²) < 4.78 is 0. The SMILES string of the molecule is CCN(CC(C)C#N)c1ncc([N+](=O)[O-])s1. The molecule has 0 aliphatic carbocycles. The van der Waals surface area contributed by atoms with Gasteiger partial charge in [0.25, 0.3) is 0 Å². The number of hydrogen-bond donors (Lipinski definition) is 0. The van der Waals surface area contributed by atoms with Gasteiger partial charge < -0.3 is 4.90 Å². The molecule has 7 heteroatoms. The average molecular weight is 240 g/mol. The zero-order valence-corrected chi connectivity index (χ0v) is 9.90. The van der Waals surface area contributed by atoms with E-state index in [-0.39, 0.29) is 10.9 Å². The lowest BCUT2D eigenvalue weighted by molar-refractivity contribution is -0.380. The molecule has 0 aliphatic heterocycles. The molecule has 0 bridgehead atoms. The smallest absolute Gasteiger partial charge is 0.345 e. The molecule has 0 fully saturated rings. The predicted octanol–water partition coefficient (Wildman–Crippen LogP) is 2.04. The van der Waals surface area contributed by atoms with Crippen molar-refractivity contribution in [1.29, 1.82) is 5.26 Å². The Hall–Kier alpha value is -1.68. The molecule has 86 valence electrons. The van der Waals surface area contributed by atoms with E-state index in [1.54, 1.807) is 0 Å². The van der Waals surface area contributed by atoms with Crippen LogP contribution in [0, 0.1) is 27.4 Å². The first-order chi connectivity index (χ1) is 7.58. The van der Waals surface area contributed by atoms with Gasteiger partial charge in [-0.1, -0.05) is 0 Å². The van der Waals surface area contributed by atoms with E-state index >= 15 is 0 Å². The van der Waals surface area contributed by atoms with Gasteiger partial charge in [-0.05, 0) is 25.2 Å². The molecule has 0 saturated heterocycles. The van der Waals surface area contributed by atoms with Crippen molar-refractivity contribution in [3.05, 3.63) is 16.3 Å². The molecule has 1 aromatic heterocycles. The monoisotopic (exact) mass is 240 g/mol. The Labute approximate surface area is 97.3 Å². The quantitative estimate of drug-likeness (QED) is 0.581. The second kappa shape index (κ2) is 5.42. The largest absolute Gasteiger partial charge is 0.347 e. The number of aromatic nitrogens is 1. The van der Waals surface area contributed by atoms with Gasteiger partial charge in [-0.15, -0.1) is 0 Å². The van der Waals surface area contributed by atoms with E-state index in [0.29, 0.717) is 18.2 Å². The Kier molecular flexibility index (Phi) is 4.19. The summed E-state index contributed by atoms with van der Waals surface area (Å²) in [6, 6.07) is 2.13. The summed E-state index contributed by atoms with van der Waals surface area (Å²) in [5.74, 6) is -0.122. The van der Waals surface area contributed by atoms with E-state index in [4.69, 9.17) is 5.26 Å². The van der Waals surface area contributed by atoms with E-state index in [9.17, 15) is 10.1 Å². The Morgan fingerprint density at radius 3 is 2.94 bits per heavy atom. The molecule has 0 aromatic carbocycles. The molecule has 6 nitrogen and oxygen atoms in total. The number of hydrogen-bond acceptors (Lipinski definition) is 6. The Balaban J connectivity index is 2.79. The molecule has 1 unspecified atom stereocenters. The molecule has 1 heterocycles. The molecule has 16 heavy (non-hydrogen) atoms. The van der Waals surface area contributed by atoms with Crippen LogP contribution in [0.3, 0.4) is 0 Å². The summed E-state index contributed by atoms with van der Waals surface area (Å²) >= 11 is 1.03. The first-order valence-electron chi connectivity index (χ1n) is 4.83. The maximum Gasteiger partial charge on any atom is 0.345 e. The third-order valence-corrected chi connectivity index (χ3v) is 3.04. The van der Waals surface area contributed by atoms with Crippen LogP contribution in [0.4, 0.5) is 10.1 Å². The first kappa shape index (κ1) is 12.4. The fourth-order valence-electron chi connectivity index (χ4n) is 1.20. The van der Waals surface area contributed by atoms with Crippen molar-refractivity contribution in [3.63, 3.8) is 0 Å². The molecule has 1 rings (SSSR count). The van der Waals surface area contributed by atoms with Crippen molar-refractivity contribution in [2.45, 2.75) is 13.8 Å². The molecular formula is C9H12N4O2S. The fourth-order valence-corrected chi connectivity index (χ4v) is 2.01. The van der Waals surface area contributed by atoms with E-state index in [1.807, 2.05) is 18.7 Å². The molecule has 1 atom stereocenters. The van der Waals surface area contributed by atoms with Crippen molar-refractivity contribution >= 4 is 21.5 Å². The molecule has 0 aliphatic rings. The number of anilines is 1. The van der Waals surface area contributed by atoms with Gasteiger partial charge in [0.2, 0.25) is 0 Å². The van der Waals surface area contributed by atoms with Crippen LogP contribution in [0.1, 0.15) is 13.8 Å². The molecule has 0 radical (unpaired) electrons. The zero-order valence-electron chi connectivity index (χ0n) is 9.08. The molecule has 0 N–H and O–H groups in total. The minimum absolute atomic E-state index is 0.0260.